The van der Waals surface area contributed by atoms with Crippen LogP contribution < -0.4 is 0 Å². The number of aliphatic hydroxyl groups is 1. The van der Waals surface area contributed by atoms with Gasteiger partial charge < -0.3 is 14.7 Å². The second-order valence-corrected chi connectivity index (χ2v) is 4.05. The van der Waals surface area contributed by atoms with E-state index in [1.54, 1.807) is 4.90 Å². The smallest absolute Gasteiger partial charge is 0.410 e. The molecule has 0 aromatic heterocycles. The highest BCUT2D eigenvalue weighted by molar-refractivity contribution is 5.68. The molecule has 4 heteroatoms. The minimum atomic E-state index is -0.222. The average molecular weight is 201 g/mol. The molecule has 0 bridgehead atoms. The van der Waals surface area contributed by atoms with Gasteiger partial charge in [0, 0.05) is 19.7 Å². The Hall–Kier alpha value is -0.770. The van der Waals surface area contributed by atoms with Crippen LogP contribution in [0, 0.1) is 5.92 Å². The maximum Gasteiger partial charge on any atom is 0.410 e. The Kier molecular flexibility index (Phi) is 4.20. The highest BCUT2D eigenvalue weighted by Gasteiger charge is 2.26. The number of rotatable bonds is 3. The van der Waals surface area contributed by atoms with Crippen LogP contribution in [-0.2, 0) is 4.74 Å². The lowest BCUT2D eigenvalue weighted by atomic mass is 10.1. The van der Waals surface area contributed by atoms with Gasteiger partial charge >= 0.3 is 6.09 Å². The molecule has 1 atom stereocenters. The number of nitrogens with zero attached hydrogens (tertiary/aromatic N) is 1. The molecular weight excluding hydrogens is 182 g/mol. The zero-order valence-corrected chi connectivity index (χ0v) is 8.90. The number of carbonyl (C=O) groups excluding carboxylic acids is 1. The Balaban J connectivity index is 2.30. The highest BCUT2D eigenvalue weighted by atomic mass is 16.6. The molecular formula is C10H19NO3. The Morgan fingerprint density at radius 3 is 2.93 bits per heavy atom. The first-order valence-electron chi connectivity index (χ1n) is 5.20. The maximum atomic E-state index is 11.4. The molecule has 14 heavy (non-hydrogen) atoms. The van der Waals surface area contributed by atoms with E-state index in [1.165, 1.54) is 0 Å². The number of hydrogen-bond acceptors (Lipinski definition) is 3. The van der Waals surface area contributed by atoms with Gasteiger partial charge in [-0.2, -0.15) is 0 Å². The third kappa shape index (κ3) is 3.18. The van der Waals surface area contributed by atoms with Crippen molar-refractivity contribution in [3.05, 3.63) is 0 Å². The van der Waals surface area contributed by atoms with Crippen molar-refractivity contribution in [2.45, 2.75) is 32.8 Å². The van der Waals surface area contributed by atoms with E-state index in [-0.39, 0.29) is 18.8 Å². The zero-order valence-electron chi connectivity index (χ0n) is 8.90. The minimum absolute atomic E-state index is 0.0561. The first-order chi connectivity index (χ1) is 6.63. The van der Waals surface area contributed by atoms with Gasteiger partial charge in [0.05, 0.1) is 6.10 Å². The SMILES string of the molecule is CC(C)OC(=O)N1CCC(CCO)C1. The van der Waals surface area contributed by atoms with Crippen molar-refractivity contribution in [3.63, 3.8) is 0 Å². The van der Waals surface area contributed by atoms with Gasteiger partial charge in [-0.05, 0) is 32.6 Å². The third-order valence-corrected chi connectivity index (χ3v) is 2.42. The summed E-state index contributed by atoms with van der Waals surface area (Å²) in [6.45, 7) is 5.39. The predicted molar refractivity (Wildman–Crippen MR) is 53.0 cm³/mol. The summed E-state index contributed by atoms with van der Waals surface area (Å²) in [5, 5.41) is 8.76. The summed E-state index contributed by atoms with van der Waals surface area (Å²) in [5.74, 6) is 0.444. The van der Waals surface area contributed by atoms with E-state index in [9.17, 15) is 4.79 Å². The molecule has 1 aliphatic heterocycles. The van der Waals surface area contributed by atoms with Crippen molar-refractivity contribution in [2.75, 3.05) is 19.7 Å². The summed E-state index contributed by atoms with van der Waals surface area (Å²) in [7, 11) is 0. The van der Waals surface area contributed by atoms with Gasteiger partial charge in [-0.25, -0.2) is 4.79 Å². The van der Waals surface area contributed by atoms with Crippen molar-refractivity contribution < 1.29 is 14.6 Å². The van der Waals surface area contributed by atoms with Gasteiger partial charge in [0.1, 0.15) is 0 Å². The number of amides is 1. The van der Waals surface area contributed by atoms with Crippen molar-refractivity contribution in [3.8, 4) is 0 Å². The van der Waals surface area contributed by atoms with Crippen LogP contribution >= 0.6 is 0 Å². The normalized spacial score (nSPS) is 21.7. The molecule has 1 N–H and O–H groups in total. The van der Waals surface area contributed by atoms with Crippen LogP contribution in [0.15, 0.2) is 0 Å². The van der Waals surface area contributed by atoms with E-state index in [0.717, 1.165) is 25.9 Å². The van der Waals surface area contributed by atoms with Gasteiger partial charge in [0.15, 0.2) is 0 Å². The van der Waals surface area contributed by atoms with Crippen LogP contribution in [-0.4, -0.2) is 41.9 Å². The molecule has 1 heterocycles. The van der Waals surface area contributed by atoms with Crippen LogP contribution in [0.2, 0.25) is 0 Å². The molecule has 1 aliphatic rings. The van der Waals surface area contributed by atoms with E-state index in [0.29, 0.717) is 5.92 Å². The van der Waals surface area contributed by atoms with Crippen molar-refractivity contribution in [1.82, 2.24) is 4.90 Å². The van der Waals surface area contributed by atoms with Gasteiger partial charge in [0.25, 0.3) is 0 Å². The average Bonchev–Trinajstić information content (AvgIpc) is 2.52. The lowest BCUT2D eigenvalue weighted by Crippen LogP contribution is -2.31. The number of carbonyl (C=O) groups is 1. The number of aliphatic hydroxyl groups excluding tert-OH is 1. The van der Waals surface area contributed by atoms with Crippen LogP contribution in [0.25, 0.3) is 0 Å². The summed E-state index contributed by atoms with van der Waals surface area (Å²) in [6.07, 6.45) is 1.49. The first kappa shape index (κ1) is 11.3. The lowest BCUT2D eigenvalue weighted by molar-refractivity contribution is 0.0821. The van der Waals surface area contributed by atoms with Crippen LogP contribution in [0.3, 0.4) is 0 Å². The van der Waals surface area contributed by atoms with E-state index >= 15 is 0 Å². The summed E-state index contributed by atoms with van der Waals surface area (Å²) >= 11 is 0. The molecule has 1 saturated heterocycles. The van der Waals surface area contributed by atoms with Crippen LogP contribution in [0.1, 0.15) is 26.7 Å². The number of ether oxygens (including phenoxy) is 1. The van der Waals surface area contributed by atoms with Gasteiger partial charge in [-0.15, -0.1) is 0 Å². The monoisotopic (exact) mass is 201 g/mol. The fourth-order valence-corrected chi connectivity index (χ4v) is 1.69. The molecule has 1 amide bonds. The minimum Gasteiger partial charge on any atom is -0.447 e. The Morgan fingerprint density at radius 2 is 2.36 bits per heavy atom. The molecule has 0 radical (unpaired) electrons. The summed E-state index contributed by atoms with van der Waals surface area (Å²) in [5.41, 5.74) is 0. The number of hydrogen-bond donors (Lipinski definition) is 1. The van der Waals surface area contributed by atoms with E-state index in [1.807, 2.05) is 13.8 Å². The Bertz CT molecular complexity index is 194. The molecule has 0 saturated carbocycles. The molecule has 0 aliphatic carbocycles. The second-order valence-electron chi connectivity index (χ2n) is 4.05. The third-order valence-electron chi connectivity index (χ3n) is 2.42. The molecule has 1 unspecified atom stereocenters. The van der Waals surface area contributed by atoms with E-state index < -0.39 is 0 Å². The van der Waals surface area contributed by atoms with Gasteiger partial charge in [-0.3, -0.25) is 0 Å². The van der Waals surface area contributed by atoms with Crippen molar-refractivity contribution >= 4 is 6.09 Å². The fourth-order valence-electron chi connectivity index (χ4n) is 1.69. The summed E-state index contributed by atoms with van der Waals surface area (Å²) < 4.78 is 5.09. The molecule has 1 fully saturated rings. The number of likely N-dealkylation sites (tertiary alicyclic amines) is 1. The van der Waals surface area contributed by atoms with Crippen LogP contribution in [0.5, 0.6) is 0 Å². The standard InChI is InChI=1S/C10H19NO3/c1-8(2)14-10(13)11-5-3-9(7-11)4-6-12/h8-9,12H,3-7H2,1-2H3. The fraction of sp³-hybridized carbons (Fsp3) is 0.900. The van der Waals surface area contributed by atoms with Gasteiger partial charge in [0.2, 0.25) is 0 Å². The lowest BCUT2D eigenvalue weighted by Gasteiger charge is -2.17. The summed E-state index contributed by atoms with van der Waals surface area (Å²) in [4.78, 5) is 13.2. The van der Waals surface area contributed by atoms with E-state index in [4.69, 9.17) is 9.84 Å². The molecule has 0 spiro atoms. The largest absolute Gasteiger partial charge is 0.447 e. The quantitative estimate of drug-likeness (QED) is 0.747. The Labute approximate surface area is 84.8 Å². The highest BCUT2D eigenvalue weighted by Crippen LogP contribution is 2.19. The molecule has 82 valence electrons. The van der Waals surface area contributed by atoms with Crippen molar-refractivity contribution in [1.29, 1.82) is 0 Å². The predicted octanol–water partition coefficient (Wildman–Crippen LogP) is 1.24. The molecule has 4 nitrogen and oxygen atoms in total. The topological polar surface area (TPSA) is 49.8 Å². The molecule has 0 aromatic carbocycles. The second kappa shape index (κ2) is 5.20. The first-order valence-corrected chi connectivity index (χ1v) is 5.20. The van der Waals surface area contributed by atoms with E-state index in [2.05, 4.69) is 0 Å². The Morgan fingerprint density at radius 1 is 1.64 bits per heavy atom. The van der Waals surface area contributed by atoms with Crippen molar-refractivity contribution in [2.24, 2.45) is 5.92 Å². The van der Waals surface area contributed by atoms with Crippen LogP contribution in [0.4, 0.5) is 4.79 Å². The van der Waals surface area contributed by atoms with Gasteiger partial charge in [-0.1, -0.05) is 0 Å². The molecule has 0 aromatic rings. The zero-order chi connectivity index (χ0) is 10.6. The molecule has 1 rings (SSSR count). The maximum absolute atomic E-state index is 11.4. The summed E-state index contributed by atoms with van der Waals surface area (Å²) in [6, 6.07) is 0.